The molecule has 0 saturated carbocycles. The first-order valence-corrected chi connectivity index (χ1v) is 5.45. The molecule has 0 fully saturated rings. The SMILES string of the molecule is C=C(Cl)Cn1nc(C(=O)O)c2ccccc2c1=O. The number of hydrogen-bond donors (Lipinski definition) is 1. The average molecular weight is 265 g/mol. The van der Waals surface area contributed by atoms with Gasteiger partial charge in [0, 0.05) is 10.4 Å². The van der Waals surface area contributed by atoms with Crippen LogP contribution in [-0.4, -0.2) is 20.9 Å². The molecule has 1 heterocycles. The van der Waals surface area contributed by atoms with Gasteiger partial charge in [-0.2, -0.15) is 5.10 Å². The topological polar surface area (TPSA) is 72.2 Å². The van der Waals surface area contributed by atoms with Crippen LogP contribution in [0.15, 0.2) is 40.7 Å². The van der Waals surface area contributed by atoms with Gasteiger partial charge in [-0.05, 0) is 6.07 Å². The highest BCUT2D eigenvalue weighted by molar-refractivity contribution is 6.29. The van der Waals surface area contributed by atoms with Gasteiger partial charge in [-0.1, -0.05) is 36.4 Å². The van der Waals surface area contributed by atoms with Gasteiger partial charge in [-0.15, -0.1) is 0 Å². The van der Waals surface area contributed by atoms with E-state index < -0.39 is 11.5 Å². The molecule has 92 valence electrons. The number of aromatic carboxylic acids is 1. The Morgan fingerprint density at radius 1 is 1.39 bits per heavy atom. The van der Waals surface area contributed by atoms with Gasteiger partial charge in [-0.25, -0.2) is 9.48 Å². The van der Waals surface area contributed by atoms with Crippen molar-refractivity contribution in [2.24, 2.45) is 0 Å². The van der Waals surface area contributed by atoms with Crippen molar-refractivity contribution in [3.63, 3.8) is 0 Å². The van der Waals surface area contributed by atoms with Crippen LogP contribution in [0.3, 0.4) is 0 Å². The summed E-state index contributed by atoms with van der Waals surface area (Å²) in [6, 6.07) is 6.42. The van der Waals surface area contributed by atoms with E-state index in [1.807, 2.05) is 0 Å². The first-order valence-electron chi connectivity index (χ1n) is 5.07. The zero-order valence-electron chi connectivity index (χ0n) is 9.26. The Bertz CT molecular complexity index is 706. The number of carboxylic acid groups (broad SMARTS) is 1. The van der Waals surface area contributed by atoms with Crippen molar-refractivity contribution in [3.05, 3.63) is 51.9 Å². The molecule has 0 unspecified atom stereocenters. The van der Waals surface area contributed by atoms with Crippen LogP contribution in [0.1, 0.15) is 10.5 Å². The third-order valence-electron chi connectivity index (χ3n) is 2.39. The van der Waals surface area contributed by atoms with E-state index >= 15 is 0 Å². The average Bonchev–Trinajstić information content (AvgIpc) is 2.32. The number of aromatic nitrogens is 2. The largest absolute Gasteiger partial charge is 0.476 e. The van der Waals surface area contributed by atoms with Gasteiger partial charge in [0.05, 0.1) is 11.9 Å². The highest BCUT2D eigenvalue weighted by Crippen LogP contribution is 2.13. The molecule has 5 nitrogen and oxygen atoms in total. The number of carboxylic acids is 1. The summed E-state index contributed by atoms with van der Waals surface area (Å²) in [4.78, 5) is 23.2. The molecule has 0 amide bonds. The van der Waals surface area contributed by atoms with Crippen LogP contribution in [0.5, 0.6) is 0 Å². The van der Waals surface area contributed by atoms with Gasteiger partial charge < -0.3 is 5.11 Å². The summed E-state index contributed by atoms with van der Waals surface area (Å²) in [7, 11) is 0. The molecule has 2 aromatic rings. The number of benzene rings is 1. The third-order valence-corrected chi connectivity index (χ3v) is 2.51. The van der Waals surface area contributed by atoms with Gasteiger partial charge in [-0.3, -0.25) is 4.79 Å². The second-order valence-corrected chi connectivity index (χ2v) is 4.21. The van der Waals surface area contributed by atoms with Crippen molar-refractivity contribution < 1.29 is 9.90 Å². The van der Waals surface area contributed by atoms with Crippen molar-refractivity contribution in [1.29, 1.82) is 0 Å². The Labute approximate surface area is 107 Å². The Balaban J connectivity index is 2.83. The first-order chi connectivity index (χ1) is 8.50. The highest BCUT2D eigenvalue weighted by Gasteiger charge is 2.15. The van der Waals surface area contributed by atoms with Crippen LogP contribution in [0, 0.1) is 0 Å². The van der Waals surface area contributed by atoms with E-state index in [1.54, 1.807) is 24.3 Å². The molecule has 0 radical (unpaired) electrons. The van der Waals surface area contributed by atoms with E-state index in [1.165, 1.54) is 0 Å². The van der Waals surface area contributed by atoms with E-state index in [-0.39, 0.29) is 17.3 Å². The molecule has 0 aliphatic heterocycles. The minimum absolute atomic E-state index is 0.0223. The van der Waals surface area contributed by atoms with Gasteiger partial charge in [0.2, 0.25) is 0 Å². The summed E-state index contributed by atoms with van der Waals surface area (Å²) >= 11 is 5.63. The lowest BCUT2D eigenvalue weighted by Crippen LogP contribution is -2.26. The predicted octanol–water partition coefficient (Wildman–Crippen LogP) is 1.85. The fraction of sp³-hybridized carbons (Fsp3) is 0.0833. The maximum absolute atomic E-state index is 12.0. The van der Waals surface area contributed by atoms with Crippen molar-refractivity contribution in [2.75, 3.05) is 0 Å². The van der Waals surface area contributed by atoms with Crippen LogP contribution in [0.2, 0.25) is 0 Å². The summed E-state index contributed by atoms with van der Waals surface area (Å²) in [6.07, 6.45) is 0. The quantitative estimate of drug-likeness (QED) is 0.918. The minimum atomic E-state index is -1.19. The number of halogens is 1. The van der Waals surface area contributed by atoms with Crippen LogP contribution in [-0.2, 0) is 6.54 Å². The van der Waals surface area contributed by atoms with E-state index in [9.17, 15) is 9.59 Å². The van der Waals surface area contributed by atoms with E-state index in [0.29, 0.717) is 10.8 Å². The molecule has 0 spiro atoms. The van der Waals surface area contributed by atoms with Crippen LogP contribution in [0.4, 0.5) is 0 Å². The van der Waals surface area contributed by atoms with Crippen molar-refractivity contribution in [1.82, 2.24) is 9.78 Å². The van der Waals surface area contributed by atoms with E-state index in [4.69, 9.17) is 16.7 Å². The normalized spacial score (nSPS) is 10.5. The lowest BCUT2D eigenvalue weighted by molar-refractivity contribution is 0.0690. The maximum atomic E-state index is 12.0. The van der Waals surface area contributed by atoms with Gasteiger partial charge >= 0.3 is 5.97 Å². The van der Waals surface area contributed by atoms with Crippen LogP contribution in [0.25, 0.3) is 10.8 Å². The van der Waals surface area contributed by atoms with Crippen molar-refractivity contribution in [2.45, 2.75) is 6.54 Å². The smallest absolute Gasteiger partial charge is 0.357 e. The lowest BCUT2D eigenvalue weighted by atomic mass is 10.1. The zero-order chi connectivity index (χ0) is 13.3. The van der Waals surface area contributed by atoms with Crippen molar-refractivity contribution in [3.8, 4) is 0 Å². The second-order valence-electron chi connectivity index (χ2n) is 3.68. The van der Waals surface area contributed by atoms with Crippen LogP contribution >= 0.6 is 11.6 Å². The Morgan fingerprint density at radius 2 is 2.00 bits per heavy atom. The summed E-state index contributed by atoms with van der Waals surface area (Å²) in [6.45, 7) is 3.44. The molecule has 0 aliphatic carbocycles. The molecular formula is C12H9ClN2O3. The molecule has 6 heteroatoms. The Hall–Kier alpha value is -2.14. The van der Waals surface area contributed by atoms with Crippen LogP contribution < -0.4 is 5.56 Å². The number of carbonyl (C=O) groups is 1. The molecule has 0 atom stereocenters. The monoisotopic (exact) mass is 264 g/mol. The number of nitrogens with zero attached hydrogens (tertiary/aromatic N) is 2. The molecule has 18 heavy (non-hydrogen) atoms. The highest BCUT2D eigenvalue weighted by atomic mass is 35.5. The van der Waals surface area contributed by atoms with Crippen molar-refractivity contribution >= 4 is 28.3 Å². The Morgan fingerprint density at radius 3 is 2.56 bits per heavy atom. The predicted molar refractivity (Wildman–Crippen MR) is 68.0 cm³/mol. The molecule has 0 aliphatic rings. The first kappa shape index (κ1) is 12.3. The summed E-state index contributed by atoms with van der Waals surface area (Å²) < 4.78 is 1.00. The molecule has 1 aromatic carbocycles. The molecule has 0 saturated heterocycles. The lowest BCUT2D eigenvalue weighted by Gasteiger charge is -2.07. The number of allylic oxidation sites excluding steroid dienone is 1. The van der Waals surface area contributed by atoms with Gasteiger partial charge in [0.1, 0.15) is 0 Å². The Kier molecular flexibility index (Phi) is 3.16. The van der Waals surface area contributed by atoms with E-state index in [2.05, 4.69) is 11.7 Å². The maximum Gasteiger partial charge on any atom is 0.357 e. The number of rotatable bonds is 3. The molecule has 0 bridgehead atoms. The zero-order valence-corrected chi connectivity index (χ0v) is 10.0. The fourth-order valence-electron chi connectivity index (χ4n) is 1.66. The fourth-order valence-corrected chi connectivity index (χ4v) is 1.78. The number of hydrogen-bond acceptors (Lipinski definition) is 3. The summed E-state index contributed by atoms with van der Waals surface area (Å²) in [5.41, 5.74) is -0.569. The summed E-state index contributed by atoms with van der Waals surface area (Å²) in [5, 5.41) is 13.7. The molecule has 2 rings (SSSR count). The van der Waals surface area contributed by atoms with E-state index in [0.717, 1.165) is 4.68 Å². The second kappa shape index (κ2) is 4.62. The standard InChI is InChI=1S/C12H9ClN2O3/c1-7(13)6-15-11(16)9-5-3-2-4-8(9)10(14-15)12(17)18/h2-5H,1,6H2,(H,17,18). The molecule has 1 N–H and O–H groups in total. The third kappa shape index (κ3) is 2.12. The molecular weight excluding hydrogens is 256 g/mol. The van der Waals surface area contributed by atoms with Gasteiger partial charge in [0.15, 0.2) is 5.69 Å². The summed E-state index contributed by atoms with van der Waals surface area (Å²) in [5.74, 6) is -1.19. The molecule has 1 aromatic heterocycles. The minimum Gasteiger partial charge on any atom is -0.476 e. The number of fused-ring (bicyclic) bond motifs is 1. The van der Waals surface area contributed by atoms with Gasteiger partial charge in [0.25, 0.3) is 5.56 Å².